The van der Waals surface area contributed by atoms with Crippen molar-refractivity contribution < 1.29 is 9.90 Å². The Kier molecular flexibility index (Phi) is 2.47. The number of aliphatic carboxylic acids is 1. The molecule has 0 amide bonds. The number of hydrogen-bond donors (Lipinski definition) is 1. The second-order valence-corrected chi connectivity index (χ2v) is 2.68. The molecule has 0 saturated carbocycles. The van der Waals surface area contributed by atoms with E-state index in [1.54, 1.807) is 24.0 Å². The lowest BCUT2D eigenvalue weighted by atomic mass is 10.3. The second kappa shape index (κ2) is 3.38. The largest absolute Gasteiger partial charge is 0.480 e. The van der Waals surface area contributed by atoms with Crippen molar-refractivity contribution in [2.24, 2.45) is 0 Å². The Morgan fingerprint density at radius 3 is 2.92 bits per heavy atom. The molecule has 0 aromatic carbocycles. The zero-order valence-electron chi connectivity index (χ0n) is 7.19. The number of hydrogen-bond acceptors (Lipinski definition) is 2. The molecule has 0 saturated heterocycles. The highest BCUT2D eigenvalue weighted by Crippen LogP contribution is 2.06. The van der Waals surface area contributed by atoms with Crippen molar-refractivity contribution in [1.29, 1.82) is 0 Å². The molecule has 1 atom stereocenters. The summed E-state index contributed by atoms with van der Waals surface area (Å²) in [5.74, 6) is -0.838. The third-order valence-corrected chi connectivity index (χ3v) is 1.82. The summed E-state index contributed by atoms with van der Waals surface area (Å²) in [5.41, 5.74) is 0.920. The molecule has 1 aromatic heterocycles. The number of rotatable bonds is 3. The maximum atomic E-state index is 10.5. The molecule has 0 bridgehead atoms. The van der Waals surface area contributed by atoms with Crippen LogP contribution in [0.1, 0.15) is 25.6 Å². The van der Waals surface area contributed by atoms with E-state index in [1.807, 2.05) is 6.92 Å². The van der Waals surface area contributed by atoms with E-state index in [2.05, 4.69) is 4.98 Å². The average Bonchev–Trinajstić information content (AvgIpc) is 2.50. The van der Waals surface area contributed by atoms with E-state index in [0.29, 0.717) is 0 Å². The summed E-state index contributed by atoms with van der Waals surface area (Å²) in [5, 5.41) is 8.67. The van der Waals surface area contributed by atoms with Gasteiger partial charge in [0.25, 0.3) is 0 Å². The summed E-state index contributed by atoms with van der Waals surface area (Å²) in [6, 6.07) is -0.530. The first-order valence-corrected chi connectivity index (χ1v) is 3.90. The van der Waals surface area contributed by atoms with Gasteiger partial charge in [-0.3, -0.25) is 0 Å². The molecule has 0 spiro atoms. The van der Waals surface area contributed by atoms with Gasteiger partial charge in [0.1, 0.15) is 6.04 Å². The van der Waals surface area contributed by atoms with Gasteiger partial charge in [-0.05, 0) is 13.3 Å². The number of carboxylic acids is 1. The third kappa shape index (κ3) is 1.64. The van der Waals surface area contributed by atoms with Gasteiger partial charge in [-0.1, -0.05) is 6.92 Å². The molecule has 0 aliphatic carbocycles. The maximum Gasteiger partial charge on any atom is 0.326 e. The van der Waals surface area contributed by atoms with Crippen molar-refractivity contribution in [3.05, 3.63) is 18.2 Å². The molecule has 0 fully saturated rings. The van der Waals surface area contributed by atoms with Gasteiger partial charge < -0.3 is 9.67 Å². The SMILES string of the molecule is CCc1cn(C(C)C(=O)O)cn1. The lowest BCUT2D eigenvalue weighted by Gasteiger charge is -2.05. The molecule has 0 radical (unpaired) electrons. The van der Waals surface area contributed by atoms with Crippen LogP contribution in [-0.2, 0) is 11.2 Å². The van der Waals surface area contributed by atoms with Crippen molar-refractivity contribution in [2.45, 2.75) is 26.3 Å². The number of carboxylic acid groups (broad SMARTS) is 1. The smallest absolute Gasteiger partial charge is 0.326 e. The Bertz CT molecular complexity index is 280. The van der Waals surface area contributed by atoms with Gasteiger partial charge in [0.15, 0.2) is 0 Å². The minimum absolute atomic E-state index is 0.530. The van der Waals surface area contributed by atoms with Crippen LogP contribution in [0.15, 0.2) is 12.5 Å². The van der Waals surface area contributed by atoms with Gasteiger partial charge in [0.2, 0.25) is 0 Å². The molecular formula is C8H12N2O2. The van der Waals surface area contributed by atoms with Crippen molar-refractivity contribution in [2.75, 3.05) is 0 Å². The molecule has 0 aliphatic heterocycles. The Labute approximate surface area is 70.9 Å². The summed E-state index contributed by atoms with van der Waals surface area (Å²) in [6.07, 6.45) is 4.15. The van der Waals surface area contributed by atoms with Gasteiger partial charge in [-0.2, -0.15) is 0 Å². The van der Waals surface area contributed by atoms with Gasteiger partial charge >= 0.3 is 5.97 Å². The Balaban J connectivity index is 2.81. The first-order valence-electron chi connectivity index (χ1n) is 3.90. The van der Waals surface area contributed by atoms with Crippen molar-refractivity contribution in [3.8, 4) is 0 Å². The standard InChI is InChI=1S/C8H12N2O2/c1-3-7-4-10(5-9-7)6(2)8(11)12/h4-6H,3H2,1-2H3,(H,11,12). The third-order valence-electron chi connectivity index (χ3n) is 1.82. The molecule has 0 aliphatic rings. The fraction of sp³-hybridized carbons (Fsp3) is 0.500. The summed E-state index contributed by atoms with van der Waals surface area (Å²) >= 11 is 0. The molecule has 1 aromatic rings. The van der Waals surface area contributed by atoms with Crippen molar-refractivity contribution in [1.82, 2.24) is 9.55 Å². The van der Waals surface area contributed by atoms with Crippen LogP contribution in [0.4, 0.5) is 0 Å². The summed E-state index contributed by atoms with van der Waals surface area (Å²) in [6.45, 7) is 3.61. The number of imidazole rings is 1. The highest BCUT2D eigenvalue weighted by Gasteiger charge is 2.12. The average molecular weight is 168 g/mol. The molecule has 1 unspecified atom stereocenters. The molecule has 4 heteroatoms. The van der Waals surface area contributed by atoms with E-state index in [4.69, 9.17) is 5.11 Å². The van der Waals surface area contributed by atoms with Crippen LogP contribution in [0.25, 0.3) is 0 Å². The minimum Gasteiger partial charge on any atom is -0.480 e. The number of aromatic nitrogens is 2. The van der Waals surface area contributed by atoms with Gasteiger partial charge in [0.05, 0.1) is 12.0 Å². The molecule has 12 heavy (non-hydrogen) atoms. The topological polar surface area (TPSA) is 55.1 Å². The van der Waals surface area contributed by atoms with Crippen molar-refractivity contribution in [3.63, 3.8) is 0 Å². The highest BCUT2D eigenvalue weighted by atomic mass is 16.4. The van der Waals surface area contributed by atoms with E-state index in [0.717, 1.165) is 12.1 Å². The van der Waals surface area contributed by atoms with Crippen LogP contribution in [0.3, 0.4) is 0 Å². The monoisotopic (exact) mass is 168 g/mol. The fourth-order valence-corrected chi connectivity index (χ4v) is 0.901. The minimum atomic E-state index is -0.838. The summed E-state index contributed by atoms with van der Waals surface area (Å²) in [7, 11) is 0. The Morgan fingerprint density at radius 2 is 2.50 bits per heavy atom. The molecule has 1 rings (SSSR count). The van der Waals surface area contributed by atoms with E-state index in [9.17, 15) is 4.79 Å². The zero-order valence-corrected chi connectivity index (χ0v) is 7.19. The second-order valence-electron chi connectivity index (χ2n) is 2.68. The number of nitrogens with zero attached hydrogens (tertiary/aromatic N) is 2. The van der Waals surface area contributed by atoms with E-state index >= 15 is 0 Å². The first-order chi connectivity index (χ1) is 5.65. The fourth-order valence-electron chi connectivity index (χ4n) is 0.901. The van der Waals surface area contributed by atoms with Gasteiger partial charge in [0, 0.05) is 6.20 Å². The van der Waals surface area contributed by atoms with Gasteiger partial charge in [-0.25, -0.2) is 9.78 Å². The van der Waals surface area contributed by atoms with Crippen LogP contribution in [0.5, 0.6) is 0 Å². The summed E-state index contributed by atoms with van der Waals surface area (Å²) in [4.78, 5) is 14.6. The number of aryl methyl sites for hydroxylation is 1. The predicted molar refractivity (Wildman–Crippen MR) is 44.0 cm³/mol. The van der Waals surface area contributed by atoms with Crippen LogP contribution in [-0.4, -0.2) is 20.6 Å². The summed E-state index contributed by atoms with van der Waals surface area (Å²) < 4.78 is 1.60. The normalized spacial score (nSPS) is 12.8. The van der Waals surface area contributed by atoms with E-state index in [1.165, 1.54) is 0 Å². The van der Waals surface area contributed by atoms with Gasteiger partial charge in [-0.15, -0.1) is 0 Å². The molecular weight excluding hydrogens is 156 g/mol. The Morgan fingerprint density at radius 1 is 1.83 bits per heavy atom. The van der Waals surface area contributed by atoms with Crippen LogP contribution < -0.4 is 0 Å². The van der Waals surface area contributed by atoms with Crippen molar-refractivity contribution >= 4 is 5.97 Å². The van der Waals surface area contributed by atoms with E-state index < -0.39 is 12.0 Å². The molecule has 1 heterocycles. The Hall–Kier alpha value is -1.32. The maximum absolute atomic E-state index is 10.5. The first kappa shape index (κ1) is 8.77. The van der Waals surface area contributed by atoms with E-state index in [-0.39, 0.29) is 0 Å². The predicted octanol–water partition coefficient (Wildman–Crippen LogP) is 1.09. The molecule has 4 nitrogen and oxygen atoms in total. The van der Waals surface area contributed by atoms with Crippen LogP contribution in [0, 0.1) is 0 Å². The molecule has 1 N–H and O–H groups in total. The lowest BCUT2D eigenvalue weighted by molar-refractivity contribution is -0.140. The highest BCUT2D eigenvalue weighted by molar-refractivity contribution is 5.71. The van der Waals surface area contributed by atoms with Crippen LogP contribution >= 0.6 is 0 Å². The zero-order chi connectivity index (χ0) is 9.14. The van der Waals surface area contributed by atoms with Crippen LogP contribution in [0.2, 0.25) is 0 Å². The molecule has 66 valence electrons. The quantitative estimate of drug-likeness (QED) is 0.735. The lowest BCUT2D eigenvalue weighted by Crippen LogP contribution is -2.13. The number of carbonyl (C=O) groups is 1.